The summed E-state index contributed by atoms with van der Waals surface area (Å²) in [6.07, 6.45) is 1.36. The van der Waals surface area contributed by atoms with Crippen molar-refractivity contribution >= 4 is 5.91 Å². The van der Waals surface area contributed by atoms with E-state index >= 15 is 0 Å². The maximum absolute atomic E-state index is 11.6. The molecule has 5 nitrogen and oxygen atoms in total. The van der Waals surface area contributed by atoms with Crippen LogP contribution in [0.4, 0.5) is 0 Å². The van der Waals surface area contributed by atoms with Crippen molar-refractivity contribution in [3.63, 3.8) is 0 Å². The fourth-order valence-electron chi connectivity index (χ4n) is 1.83. The van der Waals surface area contributed by atoms with Gasteiger partial charge in [-0.3, -0.25) is 4.79 Å². The summed E-state index contributed by atoms with van der Waals surface area (Å²) in [5.41, 5.74) is -0.848. The number of carbonyl (C=O) groups excluding carboxylic acids is 1. The van der Waals surface area contributed by atoms with Gasteiger partial charge in [-0.1, -0.05) is 6.92 Å². The van der Waals surface area contributed by atoms with Gasteiger partial charge in [-0.2, -0.15) is 0 Å². The van der Waals surface area contributed by atoms with Gasteiger partial charge in [-0.05, 0) is 20.3 Å². The number of hydrogen-bond donors (Lipinski definition) is 3. The first-order valence-electron chi connectivity index (χ1n) is 6.34. The van der Waals surface area contributed by atoms with E-state index in [4.69, 9.17) is 4.74 Å². The molecule has 1 amide bonds. The summed E-state index contributed by atoms with van der Waals surface area (Å²) in [6, 6.07) is -0.293. The van der Waals surface area contributed by atoms with E-state index in [2.05, 4.69) is 10.6 Å². The molecule has 0 bridgehead atoms. The Labute approximate surface area is 103 Å². The lowest BCUT2D eigenvalue weighted by Crippen LogP contribution is -2.51. The van der Waals surface area contributed by atoms with Gasteiger partial charge in [0.15, 0.2) is 0 Å². The van der Waals surface area contributed by atoms with Gasteiger partial charge in [0.05, 0.1) is 12.1 Å². The lowest BCUT2D eigenvalue weighted by atomic mass is 9.96. The maximum Gasteiger partial charge on any atom is 0.236 e. The smallest absolute Gasteiger partial charge is 0.236 e. The van der Waals surface area contributed by atoms with Crippen LogP contribution in [0, 0.1) is 0 Å². The van der Waals surface area contributed by atoms with Crippen LogP contribution in [0.1, 0.15) is 33.6 Å². The Morgan fingerprint density at radius 3 is 2.88 bits per heavy atom. The van der Waals surface area contributed by atoms with Crippen molar-refractivity contribution in [2.24, 2.45) is 0 Å². The van der Waals surface area contributed by atoms with Crippen LogP contribution in [0.5, 0.6) is 0 Å². The van der Waals surface area contributed by atoms with Crippen LogP contribution in [0.3, 0.4) is 0 Å². The second-order valence-corrected chi connectivity index (χ2v) is 4.76. The summed E-state index contributed by atoms with van der Waals surface area (Å²) < 4.78 is 5.34. The predicted molar refractivity (Wildman–Crippen MR) is 65.7 cm³/mol. The molecule has 0 saturated carbocycles. The fraction of sp³-hybridized carbons (Fsp3) is 0.917. The van der Waals surface area contributed by atoms with Gasteiger partial charge in [0.25, 0.3) is 0 Å². The van der Waals surface area contributed by atoms with Crippen LogP contribution in [0.25, 0.3) is 0 Å². The van der Waals surface area contributed by atoms with Crippen molar-refractivity contribution in [3.8, 4) is 0 Å². The van der Waals surface area contributed by atoms with Crippen LogP contribution in [-0.4, -0.2) is 48.5 Å². The van der Waals surface area contributed by atoms with Gasteiger partial charge >= 0.3 is 0 Å². The third-order valence-corrected chi connectivity index (χ3v) is 3.32. The minimum atomic E-state index is -0.848. The first-order chi connectivity index (χ1) is 7.99. The van der Waals surface area contributed by atoms with Gasteiger partial charge < -0.3 is 20.5 Å². The molecule has 3 N–H and O–H groups in total. The lowest BCUT2D eigenvalue weighted by molar-refractivity contribution is -0.123. The van der Waals surface area contributed by atoms with Crippen LogP contribution >= 0.6 is 0 Å². The van der Waals surface area contributed by atoms with Crippen LogP contribution in [0.2, 0.25) is 0 Å². The van der Waals surface area contributed by atoms with Crippen molar-refractivity contribution in [2.45, 2.75) is 51.4 Å². The van der Waals surface area contributed by atoms with Crippen LogP contribution in [0.15, 0.2) is 0 Å². The monoisotopic (exact) mass is 244 g/mol. The molecule has 0 aliphatic carbocycles. The number of amides is 1. The number of hydrogen-bond acceptors (Lipinski definition) is 4. The summed E-state index contributed by atoms with van der Waals surface area (Å²) >= 11 is 0. The minimum absolute atomic E-state index is 0.0259. The predicted octanol–water partition coefficient (Wildman–Crippen LogP) is 0.0306. The molecule has 0 aromatic carbocycles. The second-order valence-electron chi connectivity index (χ2n) is 4.76. The molecule has 100 valence electrons. The highest BCUT2D eigenvalue weighted by molar-refractivity contribution is 5.81. The normalized spacial score (nSPS) is 30.2. The topological polar surface area (TPSA) is 70.6 Å². The Bertz CT molecular complexity index is 260. The Hall–Kier alpha value is -0.650. The van der Waals surface area contributed by atoms with Gasteiger partial charge in [-0.15, -0.1) is 0 Å². The third-order valence-electron chi connectivity index (χ3n) is 3.32. The minimum Gasteiger partial charge on any atom is -0.386 e. The lowest BCUT2D eigenvalue weighted by Gasteiger charge is -2.27. The van der Waals surface area contributed by atoms with Crippen molar-refractivity contribution in [2.75, 3.05) is 19.7 Å². The van der Waals surface area contributed by atoms with E-state index in [0.29, 0.717) is 26.1 Å². The number of rotatable bonds is 6. The molecular weight excluding hydrogens is 220 g/mol. The number of ether oxygens (including phenoxy) is 1. The van der Waals surface area contributed by atoms with Crippen molar-refractivity contribution < 1.29 is 14.6 Å². The molecule has 1 rings (SSSR count). The number of carbonyl (C=O) groups is 1. The largest absolute Gasteiger partial charge is 0.386 e. The summed E-state index contributed by atoms with van der Waals surface area (Å²) in [4.78, 5) is 11.6. The Kier molecular flexibility index (Phi) is 5.36. The molecule has 1 saturated heterocycles. The van der Waals surface area contributed by atoms with E-state index in [1.807, 2.05) is 13.8 Å². The molecule has 0 radical (unpaired) electrons. The van der Waals surface area contributed by atoms with Gasteiger partial charge in [0.2, 0.25) is 5.91 Å². The Morgan fingerprint density at radius 2 is 2.35 bits per heavy atom. The fourth-order valence-corrected chi connectivity index (χ4v) is 1.83. The van der Waals surface area contributed by atoms with E-state index < -0.39 is 5.60 Å². The molecule has 0 spiro atoms. The molecule has 3 unspecified atom stereocenters. The average Bonchev–Trinajstić information content (AvgIpc) is 2.64. The molecule has 17 heavy (non-hydrogen) atoms. The first kappa shape index (κ1) is 14.4. The molecule has 1 aliphatic rings. The van der Waals surface area contributed by atoms with E-state index in [0.717, 1.165) is 6.42 Å². The maximum atomic E-state index is 11.6. The highest BCUT2D eigenvalue weighted by Gasteiger charge is 2.39. The highest BCUT2D eigenvalue weighted by Crippen LogP contribution is 2.24. The molecule has 1 fully saturated rings. The van der Waals surface area contributed by atoms with Crippen LogP contribution < -0.4 is 10.6 Å². The van der Waals surface area contributed by atoms with Gasteiger partial charge in [-0.25, -0.2) is 0 Å². The van der Waals surface area contributed by atoms with Gasteiger partial charge in [0, 0.05) is 26.1 Å². The summed E-state index contributed by atoms with van der Waals surface area (Å²) in [7, 11) is 0. The molecule has 1 aliphatic heterocycles. The van der Waals surface area contributed by atoms with Gasteiger partial charge in [0.1, 0.15) is 5.60 Å². The SMILES string of the molecule is CCCNC(=O)C(C)NCC1(O)CCOC1C. The number of aliphatic hydroxyl groups is 1. The van der Waals surface area contributed by atoms with Crippen molar-refractivity contribution in [3.05, 3.63) is 0 Å². The standard InChI is InChI=1S/C12H24N2O3/c1-4-6-13-11(15)9(2)14-8-12(16)5-7-17-10(12)3/h9-10,14,16H,4-8H2,1-3H3,(H,13,15). The first-order valence-corrected chi connectivity index (χ1v) is 6.34. The molecular formula is C12H24N2O3. The quantitative estimate of drug-likeness (QED) is 0.616. The highest BCUT2D eigenvalue weighted by atomic mass is 16.5. The van der Waals surface area contributed by atoms with E-state index in [-0.39, 0.29) is 18.1 Å². The summed E-state index contributed by atoms with van der Waals surface area (Å²) in [5.74, 6) is -0.0259. The summed E-state index contributed by atoms with van der Waals surface area (Å²) in [5, 5.41) is 16.1. The zero-order valence-corrected chi connectivity index (χ0v) is 11.0. The number of nitrogens with one attached hydrogen (secondary N) is 2. The van der Waals surface area contributed by atoms with Crippen molar-refractivity contribution in [1.82, 2.24) is 10.6 Å². The zero-order valence-electron chi connectivity index (χ0n) is 11.0. The molecule has 0 aromatic rings. The summed E-state index contributed by atoms with van der Waals surface area (Å²) in [6.45, 7) is 7.32. The van der Waals surface area contributed by atoms with E-state index in [1.165, 1.54) is 0 Å². The average molecular weight is 244 g/mol. The van der Waals surface area contributed by atoms with Crippen LogP contribution in [-0.2, 0) is 9.53 Å². The van der Waals surface area contributed by atoms with E-state index in [1.54, 1.807) is 6.92 Å². The molecule has 1 heterocycles. The zero-order chi connectivity index (χ0) is 12.9. The van der Waals surface area contributed by atoms with Crippen molar-refractivity contribution in [1.29, 1.82) is 0 Å². The Balaban J connectivity index is 2.32. The molecule has 3 atom stereocenters. The Morgan fingerprint density at radius 1 is 1.65 bits per heavy atom. The second kappa shape index (κ2) is 6.33. The van der Waals surface area contributed by atoms with E-state index in [9.17, 15) is 9.90 Å². The molecule has 0 aromatic heterocycles. The third kappa shape index (κ3) is 3.94. The molecule has 5 heteroatoms.